The second-order valence-corrected chi connectivity index (χ2v) is 18.0. The summed E-state index contributed by atoms with van der Waals surface area (Å²) in [5.74, 6) is 0. The number of benzene rings is 10. The second kappa shape index (κ2) is 22.0. The van der Waals surface area contributed by atoms with Crippen molar-refractivity contribution in [2.24, 2.45) is 14.1 Å². The summed E-state index contributed by atoms with van der Waals surface area (Å²) in [6.07, 6.45) is 10.5. The Labute approximate surface area is 454 Å². The number of rotatable bonds is 7. The van der Waals surface area contributed by atoms with Gasteiger partial charge in [-0.2, -0.15) is 0 Å². The van der Waals surface area contributed by atoms with E-state index in [1.54, 1.807) is 12.4 Å². The number of nitrogens with zero attached hydrogens (tertiary/aromatic N) is 8. The molecule has 0 saturated carbocycles. The zero-order valence-corrected chi connectivity index (χ0v) is 44.0. The topological polar surface area (TPSA) is 70.4 Å². The second-order valence-electron chi connectivity index (χ2n) is 18.0. The number of fused-ring (bicyclic) bond motifs is 6. The van der Waals surface area contributed by atoms with Gasteiger partial charge < -0.3 is 28.5 Å². The summed E-state index contributed by atoms with van der Waals surface area (Å²) < 4.78 is 8.53. The van der Waals surface area contributed by atoms with Gasteiger partial charge in [0.2, 0.25) is 12.7 Å². The minimum absolute atomic E-state index is 0. The third-order valence-corrected chi connectivity index (χ3v) is 13.3. The minimum atomic E-state index is 0. The monoisotopic (exact) mass is 1160 g/mol. The molecule has 0 unspecified atom stereocenters. The fourth-order valence-electron chi connectivity index (χ4n) is 9.99. The standard InChI is InChI=1S/2C30H21N2.C7H5N4.Ir/c2*1-31-21-32(28-20-24-16-8-9-17-25(24)26-18-10-11-19-27(26)28)30(23-14-6-3-7-15-23)29(31)22-12-4-2-5-13-22;1-2-4-8-6(3-1)7-5-9-11-10-7;/h2*2-19H,1H3;1-5H;/q3*-1;. The molecule has 14 rings (SSSR count). The van der Waals surface area contributed by atoms with Crippen LogP contribution < -0.4 is 14.2 Å². The Kier molecular flexibility index (Phi) is 14.1. The van der Waals surface area contributed by atoms with Crippen LogP contribution in [0.25, 0.3) is 111 Å². The van der Waals surface area contributed by atoms with Crippen LogP contribution >= 0.6 is 0 Å². The van der Waals surface area contributed by atoms with Crippen molar-refractivity contribution in [3.63, 3.8) is 0 Å². The molecule has 0 amide bonds. The maximum absolute atomic E-state index is 4.08. The molecule has 76 heavy (non-hydrogen) atoms. The molecule has 4 heterocycles. The maximum atomic E-state index is 4.08. The van der Waals surface area contributed by atoms with Gasteiger partial charge in [-0.15, -0.1) is 70.1 Å². The summed E-state index contributed by atoms with van der Waals surface area (Å²) in [6, 6.07) is 89.3. The summed E-state index contributed by atoms with van der Waals surface area (Å²) in [5.41, 5.74) is 12.6. The number of hydrogen-bond acceptors (Lipinski definition) is 3. The van der Waals surface area contributed by atoms with Crippen molar-refractivity contribution >= 4 is 43.1 Å². The molecule has 1 radical (unpaired) electrons. The van der Waals surface area contributed by atoms with E-state index in [2.05, 4.69) is 296 Å². The fraction of sp³-hybridized carbons (Fsp3) is 0.0299. The first kappa shape index (κ1) is 48.8. The van der Waals surface area contributed by atoms with E-state index >= 15 is 0 Å². The zero-order chi connectivity index (χ0) is 50.5. The fourth-order valence-corrected chi connectivity index (χ4v) is 9.99. The smallest absolute Gasteiger partial charge is 0.242 e. The zero-order valence-electron chi connectivity index (χ0n) is 41.6. The van der Waals surface area contributed by atoms with Gasteiger partial charge in [0.15, 0.2) is 0 Å². The van der Waals surface area contributed by atoms with Gasteiger partial charge in [-0.3, -0.25) is 10.2 Å². The molecule has 367 valence electrons. The van der Waals surface area contributed by atoms with E-state index in [1.165, 1.54) is 21.5 Å². The van der Waals surface area contributed by atoms with Crippen LogP contribution in [0.1, 0.15) is 0 Å². The third-order valence-electron chi connectivity index (χ3n) is 13.3. The molecule has 0 N–H and O–H groups in total. The van der Waals surface area contributed by atoms with Crippen LogP contribution in [-0.4, -0.2) is 24.4 Å². The van der Waals surface area contributed by atoms with E-state index in [4.69, 9.17) is 0 Å². The number of hydrogen-bond donors (Lipinski definition) is 0. The van der Waals surface area contributed by atoms with Crippen LogP contribution in [0, 0.1) is 24.8 Å². The molecule has 0 aliphatic heterocycles. The largest absolute Gasteiger partial charge is 0.358 e. The molecule has 4 aromatic heterocycles. The van der Waals surface area contributed by atoms with Gasteiger partial charge in [-0.05, 0) is 51.5 Å². The van der Waals surface area contributed by atoms with Gasteiger partial charge in [0.05, 0.1) is 42.6 Å². The molecule has 14 aromatic rings. The van der Waals surface area contributed by atoms with Crippen molar-refractivity contribution in [2.45, 2.75) is 0 Å². The van der Waals surface area contributed by atoms with E-state index in [0.717, 1.165) is 83.6 Å². The maximum Gasteiger partial charge on any atom is 0.242 e. The average Bonchev–Trinajstić information content (AvgIpc) is 4.25. The molecule has 0 spiro atoms. The van der Waals surface area contributed by atoms with Crippen LogP contribution in [0.5, 0.6) is 0 Å². The first-order valence-electron chi connectivity index (χ1n) is 24.8. The number of aryl methyl sites for hydroxylation is 2. The van der Waals surface area contributed by atoms with Gasteiger partial charge >= 0.3 is 0 Å². The molecule has 9 heteroatoms. The molecule has 0 saturated heterocycles. The number of pyridine rings is 1. The van der Waals surface area contributed by atoms with Crippen LogP contribution in [0.2, 0.25) is 0 Å². The van der Waals surface area contributed by atoms with Crippen molar-refractivity contribution in [1.29, 1.82) is 0 Å². The van der Waals surface area contributed by atoms with E-state index in [0.29, 0.717) is 5.69 Å². The molecule has 8 nitrogen and oxygen atoms in total. The van der Waals surface area contributed by atoms with E-state index in [1.807, 2.05) is 18.2 Å². The number of imidazole rings is 2. The Morgan fingerprint density at radius 2 is 0.763 bits per heavy atom. The summed E-state index contributed by atoms with van der Waals surface area (Å²) in [6.45, 7) is 0. The van der Waals surface area contributed by atoms with Gasteiger partial charge in [0.1, 0.15) is 0 Å². The molecule has 10 aromatic carbocycles. The molecular weight excluding hydrogens is 1110 g/mol. The summed E-state index contributed by atoms with van der Waals surface area (Å²) in [7, 11) is 4.13. The Morgan fingerprint density at radius 3 is 1.16 bits per heavy atom. The molecule has 0 bridgehead atoms. The molecule has 0 aliphatic rings. The first-order valence-corrected chi connectivity index (χ1v) is 24.8. The predicted molar refractivity (Wildman–Crippen MR) is 300 cm³/mol. The van der Waals surface area contributed by atoms with Crippen molar-refractivity contribution < 1.29 is 29.2 Å². The van der Waals surface area contributed by atoms with Gasteiger partial charge in [-0.1, -0.05) is 216 Å². The predicted octanol–water partition coefficient (Wildman–Crippen LogP) is 13.6. The van der Waals surface area contributed by atoms with Crippen molar-refractivity contribution in [2.75, 3.05) is 0 Å². The van der Waals surface area contributed by atoms with Crippen LogP contribution in [-0.2, 0) is 34.2 Å². The Bertz CT molecular complexity index is 3990. The Hall–Kier alpha value is -9.40. The van der Waals surface area contributed by atoms with E-state index in [9.17, 15) is 0 Å². The number of aromatic nitrogens is 8. The van der Waals surface area contributed by atoms with Gasteiger partial charge in [-0.25, -0.2) is 0 Å². The van der Waals surface area contributed by atoms with Crippen molar-refractivity contribution in [3.05, 3.63) is 274 Å². The Morgan fingerprint density at radius 1 is 0.395 bits per heavy atom. The van der Waals surface area contributed by atoms with E-state index in [-0.39, 0.29) is 20.1 Å². The normalized spacial score (nSPS) is 10.9. The summed E-state index contributed by atoms with van der Waals surface area (Å²) in [5, 5.41) is 20.2. The average molecular weight is 1160 g/mol. The molecule has 0 atom stereocenters. The SMILES string of the molecule is C[n+]1[c-]n(-c2[c-]c3ccccc3c3ccccc23)c(-c2ccccc2)c1-c1ccccc1.C[n+]1[c-]n(-c2[c-]c3ccccc3c3ccccc23)c(-c2ccccc2)c1-c1ccccc1.[Ir].c1ccc(-c2cnn[n-]2)nc1. The first-order chi connectivity index (χ1) is 37.1. The summed E-state index contributed by atoms with van der Waals surface area (Å²) in [4.78, 5) is 4.08. The molecular formula is C67H47IrN8-3. The van der Waals surface area contributed by atoms with Crippen LogP contribution in [0.15, 0.2) is 249 Å². The summed E-state index contributed by atoms with van der Waals surface area (Å²) >= 11 is 0. The van der Waals surface area contributed by atoms with Crippen LogP contribution in [0.3, 0.4) is 0 Å². The van der Waals surface area contributed by atoms with Gasteiger partial charge in [0.25, 0.3) is 0 Å². The van der Waals surface area contributed by atoms with Crippen LogP contribution in [0.4, 0.5) is 0 Å². The van der Waals surface area contributed by atoms with Crippen molar-refractivity contribution in [3.8, 4) is 67.8 Å². The quantitative estimate of drug-likeness (QED) is 0.0906. The third kappa shape index (κ3) is 9.53. The molecule has 0 fully saturated rings. The van der Waals surface area contributed by atoms with E-state index < -0.39 is 0 Å². The Balaban J connectivity index is 0.000000134. The van der Waals surface area contributed by atoms with Gasteiger partial charge in [0, 0.05) is 26.3 Å². The molecule has 0 aliphatic carbocycles. The van der Waals surface area contributed by atoms with Crippen molar-refractivity contribution in [1.82, 2.24) is 29.5 Å². The minimum Gasteiger partial charge on any atom is -0.358 e.